The first-order valence-corrected chi connectivity index (χ1v) is 6.72. The second-order valence-corrected chi connectivity index (χ2v) is 5.36. The molecule has 0 radical (unpaired) electrons. The van der Waals surface area contributed by atoms with E-state index in [1.807, 2.05) is 29.2 Å². The third-order valence-corrected chi connectivity index (χ3v) is 3.70. The molecule has 5 heteroatoms. The maximum absolute atomic E-state index is 11.6. The Hall–Kier alpha value is -1.88. The lowest BCUT2D eigenvalue weighted by molar-refractivity contribution is -0.139. The second kappa shape index (κ2) is 6.05. The number of carbonyl (C=O) groups excluding carboxylic acids is 1. The minimum atomic E-state index is -0.805. The molecule has 0 saturated carbocycles. The van der Waals surface area contributed by atoms with E-state index in [1.54, 1.807) is 19.0 Å². The Labute approximate surface area is 118 Å². The van der Waals surface area contributed by atoms with Crippen LogP contribution in [0.15, 0.2) is 24.3 Å². The lowest BCUT2D eigenvalue weighted by Gasteiger charge is -2.32. The van der Waals surface area contributed by atoms with E-state index in [2.05, 4.69) is 0 Å². The molecule has 1 aromatic carbocycles. The first-order chi connectivity index (χ1) is 9.49. The summed E-state index contributed by atoms with van der Waals surface area (Å²) in [4.78, 5) is 26.6. The maximum atomic E-state index is 11.6. The number of nitrogens with zero attached hydrogens (tertiary/aromatic N) is 2. The summed E-state index contributed by atoms with van der Waals surface area (Å²) in [5.74, 6) is -1.24. The van der Waals surface area contributed by atoms with E-state index in [1.165, 1.54) is 0 Å². The molecular formula is C15H20N2O3. The molecule has 1 aliphatic heterocycles. The Morgan fingerprint density at radius 3 is 2.70 bits per heavy atom. The third-order valence-electron chi connectivity index (χ3n) is 3.70. The average Bonchev–Trinajstić information content (AvgIpc) is 2.43. The molecule has 1 N–H and O–H groups in total. The van der Waals surface area contributed by atoms with E-state index < -0.39 is 11.9 Å². The molecule has 1 aromatic rings. The first-order valence-electron chi connectivity index (χ1n) is 6.72. The molecule has 1 unspecified atom stereocenters. The van der Waals surface area contributed by atoms with Crippen LogP contribution in [0.25, 0.3) is 0 Å². The number of carboxylic acid groups (broad SMARTS) is 1. The van der Waals surface area contributed by atoms with Gasteiger partial charge in [0.2, 0.25) is 5.91 Å². The summed E-state index contributed by atoms with van der Waals surface area (Å²) in [5, 5.41) is 9.37. The Bertz CT molecular complexity index is 514. The first kappa shape index (κ1) is 14.5. The molecule has 20 heavy (non-hydrogen) atoms. The highest BCUT2D eigenvalue weighted by atomic mass is 16.4. The molecule has 0 spiro atoms. The Morgan fingerprint density at radius 2 is 2.05 bits per heavy atom. The van der Waals surface area contributed by atoms with Gasteiger partial charge in [0.1, 0.15) is 0 Å². The molecule has 1 amide bonds. The minimum Gasteiger partial charge on any atom is -0.481 e. The van der Waals surface area contributed by atoms with Crippen molar-refractivity contribution in [2.75, 3.05) is 27.2 Å². The summed E-state index contributed by atoms with van der Waals surface area (Å²) in [6, 6.07) is 7.65. The summed E-state index contributed by atoms with van der Waals surface area (Å²) < 4.78 is 0. The molecule has 0 bridgehead atoms. The highest BCUT2D eigenvalue weighted by molar-refractivity contribution is 5.77. The SMILES string of the molecule is CN(C)C(=O)CCN1Cc2ccccc2C(C(=O)O)C1. The van der Waals surface area contributed by atoms with Gasteiger partial charge in [-0.15, -0.1) is 0 Å². The lowest BCUT2D eigenvalue weighted by Crippen LogP contribution is -2.38. The standard InChI is InChI=1S/C15H20N2O3/c1-16(2)14(18)7-8-17-9-11-5-3-4-6-12(11)13(10-17)15(19)20/h3-6,13H,7-10H2,1-2H3,(H,19,20). The van der Waals surface area contributed by atoms with Crippen molar-refractivity contribution >= 4 is 11.9 Å². The van der Waals surface area contributed by atoms with Crippen LogP contribution in [0.3, 0.4) is 0 Å². The molecule has 1 atom stereocenters. The Kier molecular flexibility index (Phi) is 4.39. The van der Waals surface area contributed by atoms with Crippen molar-refractivity contribution in [3.63, 3.8) is 0 Å². The van der Waals surface area contributed by atoms with Gasteiger partial charge in [0.15, 0.2) is 0 Å². The molecule has 108 valence electrons. The van der Waals surface area contributed by atoms with Crippen LogP contribution < -0.4 is 0 Å². The molecule has 2 rings (SSSR count). The third kappa shape index (κ3) is 3.17. The monoisotopic (exact) mass is 276 g/mol. The number of hydrogen-bond donors (Lipinski definition) is 1. The molecule has 0 aromatic heterocycles. The van der Waals surface area contributed by atoms with Gasteiger partial charge in [0.25, 0.3) is 0 Å². The lowest BCUT2D eigenvalue weighted by atomic mass is 9.90. The highest BCUT2D eigenvalue weighted by Crippen LogP contribution is 2.28. The van der Waals surface area contributed by atoms with E-state index in [0.717, 1.165) is 11.1 Å². The van der Waals surface area contributed by atoms with Crippen LogP contribution in [-0.4, -0.2) is 54.0 Å². The number of fused-ring (bicyclic) bond motifs is 1. The zero-order chi connectivity index (χ0) is 14.7. The van der Waals surface area contributed by atoms with Gasteiger partial charge in [-0.2, -0.15) is 0 Å². The van der Waals surface area contributed by atoms with Crippen molar-refractivity contribution in [3.8, 4) is 0 Å². The number of hydrogen-bond acceptors (Lipinski definition) is 3. The second-order valence-electron chi connectivity index (χ2n) is 5.36. The number of benzene rings is 1. The summed E-state index contributed by atoms with van der Waals surface area (Å²) in [6.45, 7) is 1.77. The fraction of sp³-hybridized carbons (Fsp3) is 0.467. The summed E-state index contributed by atoms with van der Waals surface area (Å²) >= 11 is 0. The zero-order valence-corrected chi connectivity index (χ0v) is 11.9. The van der Waals surface area contributed by atoms with Gasteiger partial charge in [-0.05, 0) is 11.1 Å². The van der Waals surface area contributed by atoms with E-state index in [9.17, 15) is 14.7 Å². The predicted molar refractivity (Wildman–Crippen MR) is 75.4 cm³/mol. The van der Waals surface area contributed by atoms with Crippen LogP contribution in [0.2, 0.25) is 0 Å². The van der Waals surface area contributed by atoms with Crippen LogP contribution in [0.5, 0.6) is 0 Å². The van der Waals surface area contributed by atoms with Crippen molar-refractivity contribution in [2.45, 2.75) is 18.9 Å². The normalized spacial score (nSPS) is 18.4. The molecule has 1 aliphatic rings. The maximum Gasteiger partial charge on any atom is 0.312 e. The van der Waals surface area contributed by atoms with Gasteiger partial charge >= 0.3 is 5.97 Å². The zero-order valence-electron chi connectivity index (χ0n) is 11.9. The van der Waals surface area contributed by atoms with E-state index in [-0.39, 0.29) is 5.91 Å². The van der Waals surface area contributed by atoms with Crippen LogP contribution in [0.1, 0.15) is 23.5 Å². The van der Waals surface area contributed by atoms with Crippen molar-refractivity contribution in [1.29, 1.82) is 0 Å². The smallest absolute Gasteiger partial charge is 0.312 e. The molecular weight excluding hydrogens is 256 g/mol. The molecule has 5 nitrogen and oxygen atoms in total. The topological polar surface area (TPSA) is 60.9 Å². The van der Waals surface area contributed by atoms with E-state index in [0.29, 0.717) is 26.1 Å². The number of aliphatic carboxylic acids is 1. The van der Waals surface area contributed by atoms with Crippen molar-refractivity contribution in [1.82, 2.24) is 9.80 Å². The van der Waals surface area contributed by atoms with Gasteiger partial charge in [0.05, 0.1) is 5.92 Å². The van der Waals surface area contributed by atoms with Gasteiger partial charge < -0.3 is 10.0 Å². The quantitative estimate of drug-likeness (QED) is 0.896. The van der Waals surface area contributed by atoms with Crippen molar-refractivity contribution in [2.24, 2.45) is 0 Å². The number of amides is 1. The van der Waals surface area contributed by atoms with Crippen LogP contribution in [0, 0.1) is 0 Å². The van der Waals surface area contributed by atoms with Gasteiger partial charge in [-0.1, -0.05) is 24.3 Å². The van der Waals surface area contributed by atoms with Gasteiger partial charge in [-0.3, -0.25) is 14.5 Å². The fourth-order valence-electron chi connectivity index (χ4n) is 2.54. The largest absolute Gasteiger partial charge is 0.481 e. The van der Waals surface area contributed by atoms with E-state index in [4.69, 9.17) is 0 Å². The predicted octanol–water partition coefficient (Wildman–Crippen LogP) is 1.15. The summed E-state index contributed by atoms with van der Waals surface area (Å²) in [6.07, 6.45) is 0.418. The van der Waals surface area contributed by atoms with Crippen LogP contribution >= 0.6 is 0 Å². The summed E-state index contributed by atoms with van der Waals surface area (Å²) in [5.41, 5.74) is 1.94. The fourth-order valence-corrected chi connectivity index (χ4v) is 2.54. The highest BCUT2D eigenvalue weighted by Gasteiger charge is 2.30. The van der Waals surface area contributed by atoms with E-state index >= 15 is 0 Å². The minimum absolute atomic E-state index is 0.0655. The Morgan fingerprint density at radius 1 is 1.35 bits per heavy atom. The number of carboxylic acids is 1. The number of rotatable bonds is 4. The van der Waals surface area contributed by atoms with Crippen molar-refractivity contribution < 1.29 is 14.7 Å². The molecule has 0 aliphatic carbocycles. The van der Waals surface area contributed by atoms with Crippen molar-refractivity contribution in [3.05, 3.63) is 35.4 Å². The number of carbonyl (C=O) groups is 2. The van der Waals surface area contributed by atoms with Gasteiger partial charge in [0, 0.05) is 40.2 Å². The molecule has 0 fully saturated rings. The summed E-state index contributed by atoms with van der Waals surface area (Å²) in [7, 11) is 3.46. The van der Waals surface area contributed by atoms with Crippen LogP contribution in [-0.2, 0) is 16.1 Å². The van der Waals surface area contributed by atoms with Gasteiger partial charge in [-0.25, -0.2) is 0 Å². The van der Waals surface area contributed by atoms with Crippen LogP contribution in [0.4, 0.5) is 0 Å². The molecule has 0 saturated heterocycles. The molecule has 1 heterocycles. The Balaban J connectivity index is 2.08. The average molecular weight is 276 g/mol.